The van der Waals surface area contributed by atoms with Crippen molar-refractivity contribution in [1.29, 1.82) is 0 Å². The SMILES string of the molecule is CC/C=C/C=C/C=C/C=C/CCCCCC(=O)OCC(COC(=O)CCCCCCCCC/C=C/CCCCCCCC)OC(=O)CCCCC/C=C/C/C=C/C/C=C/C/C=C/CC. The second-order valence-electron chi connectivity index (χ2n) is 16.8. The first kappa shape index (κ1) is 60.1. The summed E-state index contributed by atoms with van der Waals surface area (Å²) in [5.74, 6) is -0.990. The molecule has 64 heavy (non-hydrogen) atoms. The first-order valence-electron chi connectivity index (χ1n) is 25.9. The highest BCUT2D eigenvalue weighted by Gasteiger charge is 2.19. The molecule has 6 heteroatoms. The van der Waals surface area contributed by atoms with Gasteiger partial charge in [-0.2, -0.15) is 0 Å². The number of carbonyl (C=O) groups is 3. The van der Waals surface area contributed by atoms with Gasteiger partial charge in [0.1, 0.15) is 13.2 Å². The fourth-order valence-electron chi connectivity index (χ4n) is 6.73. The zero-order valence-corrected chi connectivity index (χ0v) is 41.3. The molecule has 0 aliphatic heterocycles. The quantitative estimate of drug-likeness (QED) is 0.0199. The molecule has 362 valence electrons. The third-order valence-corrected chi connectivity index (χ3v) is 10.6. The van der Waals surface area contributed by atoms with E-state index >= 15 is 0 Å². The van der Waals surface area contributed by atoms with Gasteiger partial charge in [0.2, 0.25) is 0 Å². The van der Waals surface area contributed by atoms with E-state index in [1.807, 2.05) is 36.5 Å². The van der Waals surface area contributed by atoms with Gasteiger partial charge in [0, 0.05) is 19.3 Å². The Morgan fingerprint density at radius 3 is 1.17 bits per heavy atom. The molecule has 0 aromatic heterocycles. The van der Waals surface area contributed by atoms with Crippen LogP contribution in [-0.4, -0.2) is 37.2 Å². The van der Waals surface area contributed by atoms with Gasteiger partial charge in [-0.05, 0) is 103 Å². The van der Waals surface area contributed by atoms with E-state index in [0.29, 0.717) is 19.3 Å². The van der Waals surface area contributed by atoms with Crippen molar-refractivity contribution < 1.29 is 28.6 Å². The van der Waals surface area contributed by atoms with Crippen molar-refractivity contribution >= 4 is 17.9 Å². The van der Waals surface area contributed by atoms with Crippen molar-refractivity contribution in [3.63, 3.8) is 0 Å². The molecule has 0 spiro atoms. The summed E-state index contributed by atoms with van der Waals surface area (Å²) in [7, 11) is 0. The van der Waals surface area contributed by atoms with Crippen LogP contribution in [0, 0.1) is 0 Å². The number of unbranched alkanes of at least 4 members (excludes halogenated alkanes) is 19. The van der Waals surface area contributed by atoms with E-state index in [2.05, 4.69) is 93.7 Å². The maximum Gasteiger partial charge on any atom is 0.306 e. The molecule has 0 saturated heterocycles. The number of carbonyl (C=O) groups excluding carboxylic acids is 3. The number of rotatable bonds is 45. The number of ether oxygens (including phenoxy) is 3. The Bertz CT molecular complexity index is 1340. The molecule has 0 aromatic carbocycles. The fraction of sp³-hybridized carbons (Fsp3) is 0.638. The summed E-state index contributed by atoms with van der Waals surface area (Å²) >= 11 is 0. The fourth-order valence-corrected chi connectivity index (χ4v) is 6.73. The lowest BCUT2D eigenvalue weighted by molar-refractivity contribution is -0.167. The summed E-state index contributed by atoms with van der Waals surface area (Å²) in [4.78, 5) is 38.0. The summed E-state index contributed by atoms with van der Waals surface area (Å²) in [6.45, 7) is 6.30. The zero-order valence-electron chi connectivity index (χ0n) is 41.3. The van der Waals surface area contributed by atoms with Crippen LogP contribution < -0.4 is 0 Å². The van der Waals surface area contributed by atoms with E-state index in [9.17, 15) is 14.4 Å². The van der Waals surface area contributed by atoms with Crippen molar-refractivity contribution in [2.24, 2.45) is 0 Å². The molecule has 0 fully saturated rings. The predicted octanol–water partition coefficient (Wildman–Crippen LogP) is 17.1. The van der Waals surface area contributed by atoms with Crippen LogP contribution in [0.2, 0.25) is 0 Å². The van der Waals surface area contributed by atoms with Crippen molar-refractivity contribution in [1.82, 2.24) is 0 Å². The minimum atomic E-state index is -0.814. The van der Waals surface area contributed by atoms with Crippen LogP contribution in [0.5, 0.6) is 0 Å². The van der Waals surface area contributed by atoms with Gasteiger partial charge in [-0.1, -0.05) is 207 Å². The number of hydrogen-bond acceptors (Lipinski definition) is 6. The molecular weight excluding hydrogens is 793 g/mol. The van der Waals surface area contributed by atoms with Crippen LogP contribution in [0.25, 0.3) is 0 Å². The third-order valence-electron chi connectivity index (χ3n) is 10.6. The van der Waals surface area contributed by atoms with Crippen LogP contribution >= 0.6 is 0 Å². The highest BCUT2D eigenvalue weighted by atomic mass is 16.6. The Kier molecular flexibility index (Phi) is 48.5. The lowest BCUT2D eigenvalue weighted by atomic mass is 10.1. The number of esters is 3. The Labute approximate surface area is 393 Å². The van der Waals surface area contributed by atoms with Gasteiger partial charge in [0.15, 0.2) is 6.10 Å². The molecule has 1 unspecified atom stereocenters. The Morgan fingerprint density at radius 1 is 0.344 bits per heavy atom. The van der Waals surface area contributed by atoms with E-state index in [0.717, 1.165) is 96.3 Å². The van der Waals surface area contributed by atoms with Crippen molar-refractivity contribution in [3.05, 3.63) is 109 Å². The predicted molar refractivity (Wildman–Crippen MR) is 274 cm³/mol. The summed E-state index contributed by atoms with van der Waals surface area (Å²) in [5, 5.41) is 0. The molecule has 0 amide bonds. The molecule has 6 nitrogen and oxygen atoms in total. The molecular formula is C58H94O6. The maximum atomic E-state index is 12.8. The largest absolute Gasteiger partial charge is 0.462 e. The average Bonchev–Trinajstić information content (AvgIpc) is 3.29. The van der Waals surface area contributed by atoms with Crippen molar-refractivity contribution in [3.8, 4) is 0 Å². The Morgan fingerprint density at radius 2 is 0.688 bits per heavy atom. The minimum Gasteiger partial charge on any atom is -0.462 e. The van der Waals surface area contributed by atoms with E-state index < -0.39 is 6.10 Å². The highest BCUT2D eigenvalue weighted by Crippen LogP contribution is 2.13. The van der Waals surface area contributed by atoms with Crippen LogP contribution in [0.3, 0.4) is 0 Å². The van der Waals surface area contributed by atoms with Crippen molar-refractivity contribution in [2.45, 2.75) is 226 Å². The monoisotopic (exact) mass is 887 g/mol. The molecule has 0 heterocycles. The van der Waals surface area contributed by atoms with Gasteiger partial charge in [0.25, 0.3) is 0 Å². The van der Waals surface area contributed by atoms with Crippen LogP contribution in [-0.2, 0) is 28.6 Å². The molecule has 0 aliphatic carbocycles. The number of hydrogen-bond donors (Lipinski definition) is 0. The van der Waals surface area contributed by atoms with Gasteiger partial charge in [-0.15, -0.1) is 0 Å². The molecule has 0 N–H and O–H groups in total. The smallest absolute Gasteiger partial charge is 0.306 e. The van der Waals surface area contributed by atoms with Gasteiger partial charge in [0.05, 0.1) is 0 Å². The molecule has 0 saturated carbocycles. The van der Waals surface area contributed by atoms with Gasteiger partial charge >= 0.3 is 17.9 Å². The second kappa shape index (κ2) is 51.7. The standard InChI is InChI=1S/C58H94O6/c1-4-7-10-13-16-19-22-25-27-29-31-33-36-39-42-45-48-51-57(60)63-54-55(53-62-56(59)50-47-44-41-38-35-32-24-21-18-15-12-9-6-3)64-58(61)52-49-46-43-40-37-34-30-28-26-23-20-17-14-11-8-5-2/h8-9,11-12,15,17-18,20-21,24-28,32,34-35,37,55H,4-7,10,13-14,16,19,22-23,29-31,33,36,38-54H2,1-3H3/b11-8+,12-9+,18-15+,20-17+,24-21+,27-25+,28-26+,35-32+,37-34+. The lowest BCUT2D eigenvalue weighted by Gasteiger charge is -2.18. The van der Waals surface area contributed by atoms with Gasteiger partial charge in [-0.3, -0.25) is 14.4 Å². The summed E-state index contributed by atoms with van der Waals surface area (Å²) in [5.41, 5.74) is 0. The summed E-state index contributed by atoms with van der Waals surface area (Å²) in [6.07, 6.45) is 69.3. The first-order valence-corrected chi connectivity index (χ1v) is 25.9. The second-order valence-corrected chi connectivity index (χ2v) is 16.8. The zero-order chi connectivity index (χ0) is 46.5. The van der Waals surface area contributed by atoms with Crippen LogP contribution in [0.4, 0.5) is 0 Å². The van der Waals surface area contributed by atoms with E-state index in [1.165, 1.54) is 77.0 Å². The Balaban J connectivity index is 4.50. The first-order chi connectivity index (χ1) is 31.5. The maximum absolute atomic E-state index is 12.8. The van der Waals surface area contributed by atoms with E-state index in [4.69, 9.17) is 14.2 Å². The van der Waals surface area contributed by atoms with E-state index in [1.54, 1.807) is 0 Å². The van der Waals surface area contributed by atoms with Gasteiger partial charge in [-0.25, -0.2) is 0 Å². The molecule has 0 aromatic rings. The van der Waals surface area contributed by atoms with Crippen LogP contribution in [0.1, 0.15) is 220 Å². The molecule has 0 rings (SSSR count). The lowest BCUT2D eigenvalue weighted by Crippen LogP contribution is -2.30. The Hall–Kier alpha value is -3.93. The summed E-state index contributed by atoms with van der Waals surface area (Å²) in [6, 6.07) is 0. The molecule has 0 radical (unpaired) electrons. The minimum absolute atomic E-state index is 0.108. The van der Waals surface area contributed by atoms with Crippen molar-refractivity contribution in [2.75, 3.05) is 13.2 Å². The highest BCUT2D eigenvalue weighted by molar-refractivity contribution is 5.71. The topological polar surface area (TPSA) is 78.9 Å². The molecule has 0 bridgehead atoms. The molecule has 1 atom stereocenters. The van der Waals surface area contributed by atoms with Gasteiger partial charge < -0.3 is 14.2 Å². The normalized spacial score (nSPS) is 13.0. The summed E-state index contributed by atoms with van der Waals surface area (Å²) < 4.78 is 16.7. The molecule has 0 aliphatic rings. The average molecular weight is 887 g/mol. The number of allylic oxidation sites excluding steroid dienone is 18. The van der Waals surface area contributed by atoms with Crippen LogP contribution in [0.15, 0.2) is 109 Å². The third kappa shape index (κ3) is 49.1. The van der Waals surface area contributed by atoms with E-state index in [-0.39, 0.29) is 37.5 Å².